The van der Waals surface area contributed by atoms with Gasteiger partial charge in [0.25, 0.3) is 0 Å². The van der Waals surface area contributed by atoms with Crippen molar-refractivity contribution in [2.24, 2.45) is 0 Å². The van der Waals surface area contributed by atoms with E-state index in [1.807, 2.05) is 5.19 Å². The summed E-state index contributed by atoms with van der Waals surface area (Å²) in [5.41, 5.74) is 5.19. The van der Waals surface area contributed by atoms with Crippen molar-refractivity contribution in [1.29, 1.82) is 0 Å². The monoisotopic (exact) mass is 610 g/mol. The summed E-state index contributed by atoms with van der Waals surface area (Å²) in [7, 11) is -10.3. The van der Waals surface area contributed by atoms with E-state index in [0.29, 0.717) is 13.6 Å². The van der Waals surface area contributed by atoms with Crippen molar-refractivity contribution in [2.75, 3.05) is 0 Å². The molecule has 0 bridgehead atoms. The molecule has 0 radical (unpaired) electrons. The Balaban J connectivity index is 2.14. The molecule has 0 aromatic heterocycles. The van der Waals surface area contributed by atoms with E-state index in [4.69, 9.17) is 0 Å². The lowest BCUT2D eigenvalue weighted by Crippen LogP contribution is -2.97. The molecule has 5 rings (SSSR count). The van der Waals surface area contributed by atoms with Crippen molar-refractivity contribution in [2.45, 2.75) is 137 Å². The molecule has 2 fully saturated rings. The molecule has 210 valence electrons. The molecule has 0 N–H and O–H groups in total. The summed E-state index contributed by atoms with van der Waals surface area (Å²) in [6.45, 7) is 42.7. The van der Waals surface area contributed by atoms with Crippen LogP contribution in [-0.2, 0) is 0 Å². The van der Waals surface area contributed by atoms with Crippen molar-refractivity contribution in [3.63, 3.8) is 0 Å². The van der Waals surface area contributed by atoms with Crippen LogP contribution >= 0.6 is 0 Å². The van der Waals surface area contributed by atoms with Gasteiger partial charge in [0.2, 0.25) is 0 Å². The highest BCUT2D eigenvalue weighted by Gasteiger charge is 2.95. The van der Waals surface area contributed by atoms with Gasteiger partial charge >= 0.3 is 0 Å². The maximum Gasteiger partial charge on any atom is 0.0944 e. The average Bonchev–Trinajstić information content (AvgIpc) is 3.23. The van der Waals surface area contributed by atoms with Gasteiger partial charge in [-0.25, -0.2) is 0 Å². The molecule has 1 aromatic rings. The fraction of sp³-hybridized carbons (Fsp3) is 0.688. The number of hydrogen-bond donors (Lipinski definition) is 0. The molecular formula is C32H58Si6. The van der Waals surface area contributed by atoms with E-state index in [-0.39, 0.29) is 0 Å². The second-order valence-electron chi connectivity index (χ2n) is 18.7. The molecule has 4 aliphatic rings. The van der Waals surface area contributed by atoms with Gasteiger partial charge in [-0.1, -0.05) is 160 Å². The summed E-state index contributed by atoms with van der Waals surface area (Å²) in [5, 5.41) is 2.33. The Morgan fingerprint density at radius 2 is 1.16 bits per heavy atom. The minimum Gasteiger partial charge on any atom is -0.0839 e. The maximum atomic E-state index is 2.89. The third-order valence-corrected chi connectivity index (χ3v) is 72.9. The highest BCUT2D eigenvalue weighted by molar-refractivity contribution is 7.64. The molecular weight excluding hydrogens is 553 g/mol. The molecule has 3 aliphatic heterocycles. The van der Waals surface area contributed by atoms with Crippen LogP contribution in [0.5, 0.6) is 0 Å². The van der Waals surface area contributed by atoms with E-state index in [1.54, 1.807) is 24.0 Å². The molecule has 1 aromatic carbocycles. The van der Waals surface area contributed by atoms with Crippen LogP contribution in [-0.4, -0.2) is 47.5 Å². The quantitative estimate of drug-likeness (QED) is 0.298. The van der Waals surface area contributed by atoms with Crippen molar-refractivity contribution in [1.82, 2.24) is 0 Å². The molecule has 38 heavy (non-hydrogen) atoms. The minimum atomic E-state index is -2.01. The molecule has 3 unspecified atom stereocenters. The normalized spacial score (nSPS) is 31.1. The van der Waals surface area contributed by atoms with Gasteiger partial charge in [0.05, 0.1) is 15.2 Å². The van der Waals surface area contributed by atoms with Crippen LogP contribution < -0.4 is 5.19 Å². The molecule has 1 spiro atoms. The number of fused-ring (bicyclic) bond motifs is 5. The largest absolute Gasteiger partial charge is 0.0944 e. The molecule has 1 aliphatic carbocycles. The first-order valence-electron chi connectivity index (χ1n) is 15.5. The molecule has 3 atom stereocenters. The summed E-state index contributed by atoms with van der Waals surface area (Å²) < 4.78 is 1.36. The van der Waals surface area contributed by atoms with E-state index in [0.717, 1.165) is 11.1 Å². The number of hydrogen-bond acceptors (Lipinski definition) is 0. The lowest BCUT2D eigenvalue weighted by atomic mass is 9.97. The van der Waals surface area contributed by atoms with Gasteiger partial charge in [-0.3, -0.25) is 0 Å². The molecule has 0 saturated carbocycles. The van der Waals surface area contributed by atoms with Crippen LogP contribution in [0.3, 0.4) is 0 Å². The predicted molar refractivity (Wildman–Crippen MR) is 190 cm³/mol. The summed E-state index contributed by atoms with van der Waals surface area (Å²) in [6.07, 6.45) is 11.2. The van der Waals surface area contributed by atoms with E-state index in [2.05, 4.69) is 142 Å². The van der Waals surface area contributed by atoms with Crippen LogP contribution in [0.2, 0.25) is 103 Å². The van der Waals surface area contributed by atoms with Crippen molar-refractivity contribution < 1.29 is 0 Å². The standard InChI is InChI=1S/C32H58Si6/c1-30(2,3)37-27-21-17-16-19-25(27)26-20-18-22-28(29(26)37)38(37)31(33(4,5)6,34(7,8)9)23-24-32(38,35(10,11)12)36(13,14)15/h16-22,28-29H,23-24H2,1-15H3. The van der Waals surface area contributed by atoms with Gasteiger partial charge in [0.1, 0.15) is 0 Å². The number of rotatable bonds is 4. The third kappa shape index (κ3) is 2.78. The zero-order chi connectivity index (χ0) is 28.8. The lowest BCUT2D eigenvalue weighted by Gasteiger charge is -2.84. The van der Waals surface area contributed by atoms with E-state index < -0.39 is 47.5 Å². The number of benzene rings is 1. The second kappa shape index (κ2) is 7.88. The van der Waals surface area contributed by atoms with E-state index in [1.165, 1.54) is 0 Å². The van der Waals surface area contributed by atoms with Gasteiger partial charge in [0.15, 0.2) is 0 Å². The average molecular weight is 611 g/mol. The Morgan fingerprint density at radius 3 is 1.58 bits per heavy atom. The number of allylic oxidation sites excluding steroid dienone is 4. The fourth-order valence-electron chi connectivity index (χ4n) is 13.7. The van der Waals surface area contributed by atoms with Gasteiger partial charge < -0.3 is 0 Å². The van der Waals surface area contributed by atoms with Crippen LogP contribution in [0.1, 0.15) is 39.2 Å². The lowest BCUT2D eigenvalue weighted by molar-refractivity contribution is 0.684. The summed E-state index contributed by atoms with van der Waals surface area (Å²) in [4.78, 5) is 0. The van der Waals surface area contributed by atoms with Gasteiger partial charge in [-0.2, -0.15) is 0 Å². The third-order valence-electron chi connectivity index (χ3n) is 13.1. The molecule has 2 saturated heterocycles. The molecule has 0 amide bonds. The molecule has 6 heteroatoms. The Kier molecular flexibility index (Phi) is 6.12. The first-order chi connectivity index (χ1) is 17.0. The topological polar surface area (TPSA) is 0 Å². The summed E-state index contributed by atoms with van der Waals surface area (Å²) in [5.74, 6) is 0. The van der Waals surface area contributed by atoms with Crippen molar-refractivity contribution >= 4 is 58.2 Å². The van der Waals surface area contributed by atoms with Gasteiger partial charge in [-0.05, 0) is 35.8 Å². The Hall–Kier alpha value is 0.00130. The Labute approximate surface area is 242 Å². The highest BCUT2D eigenvalue weighted by atomic mass is 29.3. The smallest absolute Gasteiger partial charge is 0.0839 e. The van der Waals surface area contributed by atoms with E-state index in [9.17, 15) is 0 Å². The van der Waals surface area contributed by atoms with Crippen LogP contribution in [0, 0.1) is 0 Å². The van der Waals surface area contributed by atoms with Gasteiger partial charge in [0, 0.05) is 32.3 Å². The zero-order valence-corrected chi connectivity index (χ0v) is 33.6. The Morgan fingerprint density at radius 1 is 0.711 bits per heavy atom. The first kappa shape index (κ1) is 29.5. The highest BCUT2D eigenvalue weighted by Crippen LogP contribution is 2.91. The van der Waals surface area contributed by atoms with E-state index >= 15 is 0 Å². The summed E-state index contributed by atoms with van der Waals surface area (Å²) >= 11 is 0. The zero-order valence-electron chi connectivity index (χ0n) is 27.6. The Bertz CT molecular complexity index is 1150. The molecule has 0 nitrogen and oxygen atoms in total. The predicted octanol–water partition coefficient (Wildman–Crippen LogP) is 10.2. The second-order valence-corrected chi connectivity index (χ2v) is 56.1. The first-order valence-corrected chi connectivity index (χ1v) is 34.7. The van der Waals surface area contributed by atoms with Crippen molar-refractivity contribution in [3.8, 4) is 0 Å². The minimum absolute atomic E-state index is 0.386. The SMILES string of the molecule is CC(C)(C)[Si]12c3ccccc3C3=CC=CC(C31)[Si]21C([Si](C)(C)C)([Si](C)(C)C)CCC1([Si](C)(C)C)[Si](C)(C)C. The van der Waals surface area contributed by atoms with Crippen LogP contribution in [0.15, 0.2) is 42.5 Å². The van der Waals surface area contributed by atoms with Crippen LogP contribution in [0.4, 0.5) is 0 Å². The van der Waals surface area contributed by atoms with Crippen molar-refractivity contribution in [3.05, 3.63) is 48.1 Å². The summed E-state index contributed by atoms with van der Waals surface area (Å²) in [6, 6.07) is 10.1. The molecule has 3 heterocycles. The fourth-order valence-corrected chi connectivity index (χ4v) is 109. The maximum absolute atomic E-state index is 2.89. The van der Waals surface area contributed by atoms with Gasteiger partial charge in [-0.15, -0.1) is 0 Å². The van der Waals surface area contributed by atoms with Crippen LogP contribution in [0.25, 0.3) is 5.57 Å².